The van der Waals surface area contributed by atoms with Crippen molar-refractivity contribution in [3.8, 4) is 11.1 Å². The van der Waals surface area contributed by atoms with E-state index in [2.05, 4.69) is 13.8 Å². The normalized spacial score (nSPS) is 24.3. The molecule has 0 radical (unpaired) electrons. The first-order chi connectivity index (χ1) is 18.2. The molecule has 0 N–H and O–H groups in total. The van der Waals surface area contributed by atoms with Crippen molar-refractivity contribution in [1.29, 1.82) is 0 Å². The fourth-order valence-electron chi connectivity index (χ4n) is 5.26. The third-order valence-electron chi connectivity index (χ3n) is 7.62. The average molecular weight is 513 g/mol. The Bertz CT molecular complexity index is 915. The summed E-state index contributed by atoms with van der Waals surface area (Å²) in [5, 5.41) is 0. The Kier molecular flexibility index (Phi) is 11.4. The van der Waals surface area contributed by atoms with Crippen molar-refractivity contribution >= 4 is 0 Å². The lowest BCUT2D eigenvalue weighted by molar-refractivity contribution is -0.206. The first kappa shape index (κ1) is 28.2. The second-order valence-electron chi connectivity index (χ2n) is 10.8. The summed E-state index contributed by atoms with van der Waals surface area (Å²) >= 11 is 0. The van der Waals surface area contributed by atoms with Crippen LogP contribution in [0.3, 0.4) is 0 Å². The molecule has 4 rings (SSSR count). The Balaban J connectivity index is 1.26. The minimum absolute atomic E-state index is 0.268. The van der Waals surface area contributed by atoms with Crippen LogP contribution in [0.25, 0.3) is 11.1 Å². The number of hydrogen-bond acceptors (Lipinski definition) is 4. The molecule has 4 nitrogen and oxygen atoms in total. The van der Waals surface area contributed by atoms with Gasteiger partial charge in [0.15, 0.2) is 12.6 Å². The molecule has 0 aliphatic carbocycles. The summed E-state index contributed by atoms with van der Waals surface area (Å²) in [7, 11) is 0. The van der Waals surface area contributed by atoms with Gasteiger partial charge in [0, 0.05) is 28.5 Å². The molecule has 5 heteroatoms. The van der Waals surface area contributed by atoms with Gasteiger partial charge in [-0.25, -0.2) is 4.39 Å². The molecule has 2 aliphatic rings. The number of unbranched alkanes of at least 4 members (excludes halogenated alkanes) is 6. The van der Waals surface area contributed by atoms with E-state index in [1.165, 1.54) is 51.4 Å². The van der Waals surface area contributed by atoms with E-state index in [1.807, 2.05) is 36.4 Å². The highest BCUT2D eigenvalue weighted by Crippen LogP contribution is 2.33. The molecule has 2 heterocycles. The largest absolute Gasteiger partial charge is 0.348 e. The first-order valence-electron chi connectivity index (χ1n) is 14.5. The zero-order valence-corrected chi connectivity index (χ0v) is 22.8. The minimum Gasteiger partial charge on any atom is -0.348 e. The van der Waals surface area contributed by atoms with Crippen LogP contribution < -0.4 is 0 Å². The molecule has 0 atom stereocenters. The zero-order valence-electron chi connectivity index (χ0n) is 22.8. The molecule has 204 valence electrons. The molecule has 2 aromatic carbocycles. The van der Waals surface area contributed by atoms with Crippen LogP contribution >= 0.6 is 0 Å². The minimum atomic E-state index is -0.492. The van der Waals surface area contributed by atoms with E-state index in [0.717, 1.165) is 42.7 Å². The zero-order chi connectivity index (χ0) is 25.9. The Morgan fingerprint density at radius 1 is 0.622 bits per heavy atom. The third kappa shape index (κ3) is 8.35. The lowest BCUT2D eigenvalue weighted by Crippen LogP contribution is -2.27. The van der Waals surface area contributed by atoms with Crippen LogP contribution in [0.2, 0.25) is 0 Å². The Morgan fingerprint density at radius 3 is 1.68 bits per heavy atom. The van der Waals surface area contributed by atoms with E-state index >= 15 is 4.39 Å². The van der Waals surface area contributed by atoms with Crippen LogP contribution in [0.4, 0.5) is 4.39 Å². The maximum atomic E-state index is 15.1. The van der Waals surface area contributed by atoms with Gasteiger partial charge in [0.25, 0.3) is 0 Å². The van der Waals surface area contributed by atoms with Gasteiger partial charge in [0.05, 0.1) is 26.4 Å². The van der Waals surface area contributed by atoms with E-state index < -0.39 is 6.29 Å². The topological polar surface area (TPSA) is 36.9 Å². The Hall–Kier alpha value is -1.79. The molecule has 0 spiro atoms. The second kappa shape index (κ2) is 15.0. The quantitative estimate of drug-likeness (QED) is 0.251. The highest BCUT2D eigenvalue weighted by molar-refractivity contribution is 5.65. The highest BCUT2D eigenvalue weighted by atomic mass is 19.1. The number of rotatable bonds is 13. The van der Waals surface area contributed by atoms with Crippen LogP contribution in [-0.4, -0.2) is 26.4 Å². The van der Waals surface area contributed by atoms with Gasteiger partial charge >= 0.3 is 0 Å². The van der Waals surface area contributed by atoms with Crippen LogP contribution in [0, 0.1) is 17.7 Å². The van der Waals surface area contributed by atoms with Crippen LogP contribution in [0.5, 0.6) is 0 Å². The van der Waals surface area contributed by atoms with Crippen LogP contribution in [0.15, 0.2) is 42.5 Å². The maximum absolute atomic E-state index is 15.1. The molecule has 2 aliphatic heterocycles. The van der Waals surface area contributed by atoms with Crippen molar-refractivity contribution in [1.82, 2.24) is 0 Å². The van der Waals surface area contributed by atoms with Crippen molar-refractivity contribution in [2.24, 2.45) is 11.8 Å². The van der Waals surface area contributed by atoms with Crippen molar-refractivity contribution < 1.29 is 23.3 Å². The van der Waals surface area contributed by atoms with Gasteiger partial charge in [-0.15, -0.1) is 0 Å². The maximum Gasteiger partial charge on any atom is 0.183 e. The third-order valence-corrected chi connectivity index (χ3v) is 7.62. The lowest BCUT2D eigenvalue weighted by Gasteiger charge is -2.30. The van der Waals surface area contributed by atoms with Crippen molar-refractivity contribution in [3.05, 3.63) is 59.4 Å². The number of halogens is 1. The second-order valence-corrected chi connectivity index (χ2v) is 10.8. The molecule has 0 amide bonds. The van der Waals surface area contributed by atoms with E-state index in [0.29, 0.717) is 30.6 Å². The summed E-state index contributed by atoms with van der Waals surface area (Å²) < 4.78 is 39.0. The molecular weight excluding hydrogens is 467 g/mol. The first-order valence-corrected chi connectivity index (χ1v) is 14.5. The summed E-state index contributed by atoms with van der Waals surface area (Å²) in [6.45, 7) is 7.27. The van der Waals surface area contributed by atoms with E-state index in [1.54, 1.807) is 6.07 Å². The fourth-order valence-corrected chi connectivity index (χ4v) is 5.26. The van der Waals surface area contributed by atoms with Crippen molar-refractivity contribution in [2.75, 3.05) is 26.4 Å². The number of benzene rings is 2. The summed E-state index contributed by atoms with van der Waals surface area (Å²) in [6, 6.07) is 13.1. The molecule has 0 aromatic heterocycles. The summed E-state index contributed by atoms with van der Waals surface area (Å²) in [4.78, 5) is 0. The van der Waals surface area contributed by atoms with Gasteiger partial charge in [0.1, 0.15) is 5.82 Å². The van der Waals surface area contributed by atoms with Gasteiger partial charge in [-0.2, -0.15) is 0 Å². The van der Waals surface area contributed by atoms with Gasteiger partial charge in [-0.05, 0) is 24.5 Å². The summed E-state index contributed by atoms with van der Waals surface area (Å²) in [6.07, 6.45) is 11.6. The van der Waals surface area contributed by atoms with Crippen molar-refractivity contribution in [2.45, 2.75) is 90.6 Å². The highest BCUT2D eigenvalue weighted by Gasteiger charge is 2.25. The van der Waals surface area contributed by atoms with E-state index in [9.17, 15) is 0 Å². The lowest BCUT2D eigenvalue weighted by atomic mass is 9.99. The Morgan fingerprint density at radius 2 is 1.11 bits per heavy atom. The molecule has 2 saturated heterocycles. The molecule has 0 bridgehead atoms. The smallest absolute Gasteiger partial charge is 0.183 e. The van der Waals surface area contributed by atoms with E-state index in [4.69, 9.17) is 18.9 Å². The standard InChI is InChI=1S/C32H45FO4/c1-3-5-7-8-10-12-25-22-36-32(37-23-25)28-17-18-29(30(33)19-28)26-13-15-27(16-14-26)31-34-20-24(21-35-31)11-9-6-4-2/h13-19,24-25,31-32H,3-12,20-23H2,1-2H3. The van der Waals surface area contributed by atoms with Gasteiger partial charge in [-0.1, -0.05) is 102 Å². The molecule has 2 fully saturated rings. The van der Waals surface area contributed by atoms with Crippen molar-refractivity contribution in [3.63, 3.8) is 0 Å². The predicted molar refractivity (Wildman–Crippen MR) is 146 cm³/mol. The van der Waals surface area contributed by atoms with Crippen LogP contribution in [0.1, 0.15) is 102 Å². The van der Waals surface area contributed by atoms with Crippen LogP contribution in [-0.2, 0) is 18.9 Å². The average Bonchev–Trinajstić information content (AvgIpc) is 2.94. The van der Waals surface area contributed by atoms with Gasteiger partial charge < -0.3 is 18.9 Å². The molecule has 2 aromatic rings. The fraction of sp³-hybridized carbons (Fsp3) is 0.625. The monoisotopic (exact) mass is 512 g/mol. The number of hydrogen-bond donors (Lipinski definition) is 0. The van der Waals surface area contributed by atoms with Gasteiger partial charge in [-0.3, -0.25) is 0 Å². The Labute approximate surface area is 222 Å². The SMILES string of the molecule is CCCCCCCC1COC(c2ccc(-c3ccc(C4OCC(CCCCC)CO4)cc3)c(F)c2)OC1. The molecule has 0 saturated carbocycles. The summed E-state index contributed by atoms with van der Waals surface area (Å²) in [5.74, 6) is 0.647. The van der Waals surface area contributed by atoms with E-state index in [-0.39, 0.29) is 12.1 Å². The molecular formula is C32H45FO4. The number of ether oxygens (including phenoxy) is 4. The summed E-state index contributed by atoms with van der Waals surface area (Å²) in [5.41, 5.74) is 3.10. The predicted octanol–water partition coefficient (Wildman–Crippen LogP) is 8.76. The van der Waals surface area contributed by atoms with Gasteiger partial charge in [0.2, 0.25) is 0 Å². The molecule has 0 unspecified atom stereocenters. The molecule has 37 heavy (non-hydrogen) atoms.